The van der Waals surface area contributed by atoms with Crippen LogP contribution in [0, 0.1) is 5.92 Å². The Balaban J connectivity index is 0.000000960. The minimum Gasteiger partial charge on any atom is -0.478 e. The maximum Gasteiger partial charge on any atom is 0.337 e. The summed E-state index contributed by atoms with van der Waals surface area (Å²) in [6.07, 6.45) is 12.2. The second-order valence-corrected chi connectivity index (χ2v) is 5.65. The molecule has 0 aromatic rings. The number of hydrogen-bond donors (Lipinski definition) is 3. The molecular formula is C16H18Cl2N2O3. The lowest BCUT2D eigenvalue weighted by Crippen LogP contribution is -2.35. The number of carbonyl (C=O) groups is 1. The lowest BCUT2D eigenvalue weighted by molar-refractivity contribution is -0.132. The third-order valence-corrected chi connectivity index (χ3v) is 4.40. The normalized spacial score (nSPS) is 30.0. The van der Waals surface area contributed by atoms with Crippen LogP contribution >= 0.6 is 24.8 Å². The van der Waals surface area contributed by atoms with Gasteiger partial charge in [0.25, 0.3) is 0 Å². The van der Waals surface area contributed by atoms with Gasteiger partial charge in [-0.25, -0.2) is 4.79 Å². The van der Waals surface area contributed by atoms with Crippen molar-refractivity contribution in [1.29, 1.82) is 0 Å². The maximum atomic E-state index is 11.1. The van der Waals surface area contributed by atoms with Gasteiger partial charge in [-0.3, -0.25) is 0 Å². The van der Waals surface area contributed by atoms with Gasteiger partial charge in [0, 0.05) is 17.8 Å². The van der Waals surface area contributed by atoms with Crippen molar-refractivity contribution in [2.24, 2.45) is 5.92 Å². The largest absolute Gasteiger partial charge is 0.478 e. The summed E-state index contributed by atoms with van der Waals surface area (Å²) in [5.41, 5.74) is 2.26. The van der Waals surface area contributed by atoms with E-state index in [1.807, 2.05) is 6.08 Å². The molecule has 4 aliphatic rings. The second-order valence-electron chi connectivity index (χ2n) is 5.65. The molecule has 3 N–H and O–H groups in total. The van der Waals surface area contributed by atoms with Gasteiger partial charge >= 0.3 is 5.97 Å². The molecule has 1 saturated heterocycles. The molecule has 0 aromatic heterocycles. The van der Waals surface area contributed by atoms with Crippen LogP contribution in [0.2, 0.25) is 0 Å². The number of carboxylic acids is 1. The monoisotopic (exact) mass is 356 g/mol. The minimum atomic E-state index is -0.930. The number of dihydropyridines is 1. The molecule has 0 saturated carbocycles. The molecule has 0 spiro atoms. The zero-order valence-corrected chi connectivity index (χ0v) is 13.8. The summed E-state index contributed by atoms with van der Waals surface area (Å²) in [6, 6.07) is 0.302. The quantitative estimate of drug-likeness (QED) is 0.670. The van der Waals surface area contributed by atoms with Gasteiger partial charge in [0.05, 0.1) is 17.9 Å². The third kappa shape index (κ3) is 3.04. The van der Waals surface area contributed by atoms with E-state index in [9.17, 15) is 4.79 Å². The summed E-state index contributed by atoms with van der Waals surface area (Å²) >= 11 is 0. The highest BCUT2D eigenvalue weighted by Gasteiger charge is 2.34. The van der Waals surface area contributed by atoms with Gasteiger partial charge in [-0.05, 0) is 42.7 Å². The molecular weight excluding hydrogens is 339 g/mol. The highest BCUT2D eigenvalue weighted by atomic mass is 35.5. The van der Waals surface area contributed by atoms with Crippen LogP contribution in [-0.2, 0) is 9.53 Å². The Labute approximate surface area is 146 Å². The van der Waals surface area contributed by atoms with Gasteiger partial charge in [0.15, 0.2) is 0 Å². The van der Waals surface area contributed by atoms with Crippen molar-refractivity contribution >= 4 is 30.8 Å². The average Bonchev–Trinajstić information content (AvgIpc) is 2.85. The highest BCUT2D eigenvalue weighted by molar-refractivity contribution is 5.90. The summed E-state index contributed by atoms with van der Waals surface area (Å²) in [7, 11) is 0. The van der Waals surface area contributed by atoms with Crippen molar-refractivity contribution in [3.8, 4) is 0 Å². The summed E-state index contributed by atoms with van der Waals surface area (Å²) in [5, 5.41) is 15.8. The molecule has 3 heterocycles. The molecule has 0 radical (unpaired) electrons. The summed E-state index contributed by atoms with van der Waals surface area (Å²) in [6.45, 7) is 1.02. The molecule has 23 heavy (non-hydrogen) atoms. The van der Waals surface area contributed by atoms with E-state index >= 15 is 0 Å². The molecule has 4 rings (SSSR count). The standard InChI is InChI=1S/C16H16N2O3.2ClH/c19-16(20)11-5-10-2-4-21-14-7-13-9(1-3-17-13)6-12(14)15(10)18-8-11;;/h2,4-9,13,15,17-18H,1,3H2,(H,19,20);2*1H. The first-order valence-electron chi connectivity index (χ1n) is 7.14. The lowest BCUT2D eigenvalue weighted by Gasteiger charge is -2.29. The van der Waals surface area contributed by atoms with Crippen LogP contribution in [0.5, 0.6) is 0 Å². The van der Waals surface area contributed by atoms with E-state index in [0.29, 0.717) is 12.0 Å². The highest BCUT2D eigenvalue weighted by Crippen LogP contribution is 2.36. The number of rotatable bonds is 1. The van der Waals surface area contributed by atoms with E-state index in [1.165, 1.54) is 0 Å². The molecule has 1 aliphatic carbocycles. The van der Waals surface area contributed by atoms with Gasteiger partial charge in [-0.1, -0.05) is 6.08 Å². The molecule has 0 aromatic carbocycles. The summed E-state index contributed by atoms with van der Waals surface area (Å²) < 4.78 is 5.72. The van der Waals surface area contributed by atoms with E-state index < -0.39 is 5.97 Å². The lowest BCUT2D eigenvalue weighted by atomic mass is 9.85. The fourth-order valence-electron chi connectivity index (χ4n) is 3.33. The van der Waals surface area contributed by atoms with Crippen LogP contribution in [0.3, 0.4) is 0 Å². The van der Waals surface area contributed by atoms with Crippen LogP contribution in [0.1, 0.15) is 6.42 Å². The number of hydrogen-bond acceptors (Lipinski definition) is 4. The summed E-state index contributed by atoms with van der Waals surface area (Å²) in [5.74, 6) is 0.411. The molecule has 3 atom stereocenters. The van der Waals surface area contributed by atoms with Crippen molar-refractivity contribution in [1.82, 2.24) is 10.6 Å². The van der Waals surface area contributed by atoms with Crippen LogP contribution in [0.15, 0.2) is 59.2 Å². The van der Waals surface area contributed by atoms with E-state index in [4.69, 9.17) is 9.84 Å². The van der Waals surface area contributed by atoms with E-state index in [1.54, 1.807) is 18.5 Å². The Morgan fingerprint density at radius 2 is 2.13 bits per heavy atom. The topological polar surface area (TPSA) is 70.6 Å². The number of ether oxygens (including phenoxy) is 1. The number of halogens is 2. The first-order chi connectivity index (χ1) is 10.2. The number of aliphatic carboxylic acids is 1. The zero-order valence-electron chi connectivity index (χ0n) is 12.2. The average molecular weight is 357 g/mol. The van der Waals surface area contributed by atoms with E-state index in [-0.39, 0.29) is 36.4 Å². The molecule has 3 unspecified atom stereocenters. The van der Waals surface area contributed by atoms with Gasteiger partial charge in [0.1, 0.15) is 5.76 Å². The van der Waals surface area contributed by atoms with Crippen molar-refractivity contribution in [2.45, 2.75) is 18.5 Å². The number of carboxylic acid groups (broad SMARTS) is 1. The maximum absolute atomic E-state index is 11.1. The molecule has 1 fully saturated rings. The van der Waals surface area contributed by atoms with Crippen LogP contribution < -0.4 is 10.6 Å². The van der Waals surface area contributed by atoms with Crippen molar-refractivity contribution in [3.05, 3.63) is 59.2 Å². The SMILES string of the molecule is Cl.Cl.O=C(O)C1=CNC2C(=C1)C=COC1=CC3NCCC3C=C12. The fourth-order valence-corrected chi connectivity index (χ4v) is 3.33. The van der Waals surface area contributed by atoms with Gasteiger partial charge in [-0.2, -0.15) is 0 Å². The van der Waals surface area contributed by atoms with Crippen molar-refractivity contribution in [2.75, 3.05) is 6.54 Å². The van der Waals surface area contributed by atoms with Crippen molar-refractivity contribution in [3.63, 3.8) is 0 Å². The molecule has 124 valence electrons. The number of nitrogens with one attached hydrogen (secondary N) is 2. The van der Waals surface area contributed by atoms with Gasteiger partial charge in [0.2, 0.25) is 0 Å². The third-order valence-electron chi connectivity index (χ3n) is 4.40. The Morgan fingerprint density at radius 3 is 2.91 bits per heavy atom. The van der Waals surface area contributed by atoms with E-state index in [2.05, 4.69) is 22.8 Å². The van der Waals surface area contributed by atoms with Crippen molar-refractivity contribution < 1.29 is 14.6 Å². The Bertz CT molecular complexity index is 664. The van der Waals surface area contributed by atoms with Gasteiger partial charge < -0.3 is 20.5 Å². The molecule has 0 bridgehead atoms. The summed E-state index contributed by atoms with van der Waals surface area (Å²) in [4.78, 5) is 11.1. The molecule has 7 heteroatoms. The molecule has 5 nitrogen and oxygen atoms in total. The van der Waals surface area contributed by atoms with Crippen LogP contribution in [0.4, 0.5) is 0 Å². The predicted octanol–water partition coefficient (Wildman–Crippen LogP) is 2.04. The fraction of sp³-hybridized carbons (Fsp3) is 0.312. The smallest absolute Gasteiger partial charge is 0.337 e. The first-order valence-corrected chi connectivity index (χ1v) is 7.14. The zero-order chi connectivity index (χ0) is 14.4. The van der Waals surface area contributed by atoms with Gasteiger partial charge in [-0.15, -0.1) is 24.8 Å². The van der Waals surface area contributed by atoms with Crippen LogP contribution in [0.25, 0.3) is 0 Å². The molecule has 0 amide bonds. The predicted molar refractivity (Wildman–Crippen MR) is 91.5 cm³/mol. The molecule has 3 aliphatic heterocycles. The Kier molecular flexibility index (Phi) is 5.24. The van der Waals surface area contributed by atoms with Crippen LogP contribution in [-0.4, -0.2) is 29.7 Å². The Hall–Kier alpha value is -1.69. The minimum absolute atomic E-state index is 0. The second kappa shape index (κ2) is 6.83. The van der Waals surface area contributed by atoms with E-state index in [0.717, 1.165) is 29.9 Å². The first kappa shape index (κ1) is 17.7. The Morgan fingerprint density at radius 1 is 1.30 bits per heavy atom. The number of fused-ring (bicyclic) bond motifs is 4.